The number of fused-ring (bicyclic) bond motifs is 1. The molecule has 0 amide bonds. The predicted octanol–water partition coefficient (Wildman–Crippen LogP) is -0.148. The van der Waals surface area contributed by atoms with Gasteiger partial charge in [-0.1, -0.05) is 13.8 Å². The second kappa shape index (κ2) is 5.18. The van der Waals surface area contributed by atoms with Crippen LogP contribution < -0.4 is 15.9 Å². The lowest BCUT2D eigenvalue weighted by Crippen LogP contribution is -2.33. The fraction of sp³-hybridized carbons (Fsp3) is 0.545. The third-order valence-corrected chi connectivity index (χ3v) is 2.69. The molecule has 7 nitrogen and oxygen atoms in total. The van der Waals surface area contributed by atoms with E-state index >= 15 is 0 Å². The molecule has 2 rings (SSSR count). The van der Waals surface area contributed by atoms with Crippen LogP contribution in [0.1, 0.15) is 13.8 Å². The zero-order valence-electron chi connectivity index (χ0n) is 10.8. The quantitative estimate of drug-likeness (QED) is 0.771. The van der Waals surface area contributed by atoms with Crippen LogP contribution in [0.2, 0.25) is 0 Å². The van der Waals surface area contributed by atoms with Crippen LogP contribution in [0.5, 0.6) is 0 Å². The molecule has 2 aromatic rings. The Hall–Kier alpha value is -1.89. The molecule has 0 atom stereocenters. The Morgan fingerprint density at radius 2 is 2.33 bits per heavy atom. The maximum Gasteiger partial charge on any atom is 0.348 e. The van der Waals surface area contributed by atoms with Gasteiger partial charge in [0.15, 0.2) is 5.65 Å². The summed E-state index contributed by atoms with van der Waals surface area (Å²) in [5, 5.41) is 9.64. The molecule has 0 aromatic carbocycles. The first-order valence-corrected chi connectivity index (χ1v) is 5.95. The Labute approximate surface area is 105 Å². The summed E-state index contributed by atoms with van der Waals surface area (Å²) in [6.07, 6.45) is 1.49. The highest BCUT2D eigenvalue weighted by Crippen LogP contribution is 2.08. The van der Waals surface area contributed by atoms with Crippen molar-refractivity contribution in [3.63, 3.8) is 0 Å². The number of likely N-dealkylation sites (N-methyl/N-ethyl adjacent to an activating group) is 1. The third-order valence-electron chi connectivity index (χ3n) is 2.69. The van der Waals surface area contributed by atoms with E-state index in [0.717, 1.165) is 18.9 Å². The van der Waals surface area contributed by atoms with Crippen molar-refractivity contribution >= 4 is 11.5 Å². The smallest absolute Gasteiger partial charge is 0.348 e. The van der Waals surface area contributed by atoms with Crippen LogP contribution >= 0.6 is 0 Å². The Balaban J connectivity index is 2.08. The molecule has 7 heteroatoms. The van der Waals surface area contributed by atoms with Gasteiger partial charge in [0.1, 0.15) is 12.1 Å². The van der Waals surface area contributed by atoms with Gasteiger partial charge >= 0.3 is 5.69 Å². The molecule has 0 aliphatic rings. The van der Waals surface area contributed by atoms with Crippen molar-refractivity contribution in [2.24, 2.45) is 0 Å². The van der Waals surface area contributed by atoms with E-state index in [-0.39, 0.29) is 5.69 Å². The second-order valence-corrected chi connectivity index (χ2v) is 4.53. The minimum atomic E-state index is -0.270. The summed E-state index contributed by atoms with van der Waals surface area (Å²) in [4.78, 5) is 17.5. The van der Waals surface area contributed by atoms with E-state index in [1.54, 1.807) is 6.07 Å². The first-order chi connectivity index (χ1) is 8.58. The minimum Gasteiger partial charge on any atom is -0.358 e. The van der Waals surface area contributed by atoms with Crippen molar-refractivity contribution in [3.8, 4) is 0 Å². The number of nitrogens with zero attached hydrogens (tertiary/aromatic N) is 4. The van der Waals surface area contributed by atoms with Gasteiger partial charge in [-0.15, -0.1) is 0 Å². The number of rotatable bonds is 5. The predicted molar refractivity (Wildman–Crippen MR) is 70.0 cm³/mol. The van der Waals surface area contributed by atoms with Crippen molar-refractivity contribution in [3.05, 3.63) is 22.9 Å². The number of hydrogen-bond donors (Lipinski definition) is 2. The number of H-pyrrole nitrogens is 1. The van der Waals surface area contributed by atoms with Crippen LogP contribution in [0.25, 0.3) is 5.65 Å². The first-order valence-electron chi connectivity index (χ1n) is 5.95. The number of nitrogens with one attached hydrogen (secondary N) is 2. The summed E-state index contributed by atoms with van der Waals surface area (Å²) in [5.41, 5.74) is 0.307. The molecule has 2 heterocycles. The van der Waals surface area contributed by atoms with E-state index in [2.05, 4.69) is 34.3 Å². The lowest BCUT2D eigenvalue weighted by atomic mass is 10.4. The van der Waals surface area contributed by atoms with Crippen LogP contribution in [0.3, 0.4) is 0 Å². The van der Waals surface area contributed by atoms with Crippen molar-refractivity contribution in [2.45, 2.75) is 19.9 Å². The number of aromatic amines is 1. The van der Waals surface area contributed by atoms with Crippen LogP contribution in [0.4, 0.5) is 5.82 Å². The monoisotopic (exact) mass is 250 g/mol. The lowest BCUT2D eigenvalue weighted by molar-refractivity contribution is 0.588. The zero-order chi connectivity index (χ0) is 13.1. The molecule has 0 unspecified atom stereocenters. The van der Waals surface area contributed by atoms with Gasteiger partial charge < -0.3 is 10.2 Å². The molecule has 0 saturated carbocycles. The molecule has 2 aromatic heterocycles. The van der Waals surface area contributed by atoms with Gasteiger partial charge in [-0.25, -0.2) is 19.3 Å². The summed E-state index contributed by atoms with van der Waals surface area (Å²) in [6, 6.07) is 2.26. The van der Waals surface area contributed by atoms with Crippen LogP contribution in [0, 0.1) is 0 Å². The van der Waals surface area contributed by atoms with E-state index in [4.69, 9.17) is 0 Å². The lowest BCUT2D eigenvalue weighted by Gasteiger charge is -2.19. The summed E-state index contributed by atoms with van der Waals surface area (Å²) in [7, 11) is 1.96. The highest BCUT2D eigenvalue weighted by atomic mass is 16.1. The van der Waals surface area contributed by atoms with Gasteiger partial charge in [-0.2, -0.15) is 5.10 Å². The molecule has 0 fully saturated rings. The summed E-state index contributed by atoms with van der Waals surface area (Å²) in [5.74, 6) is 0.798. The van der Waals surface area contributed by atoms with E-state index in [9.17, 15) is 4.79 Å². The van der Waals surface area contributed by atoms with Gasteiger partial charge in [0.25, 0.3) is 0 Å². The Bertz CT molecular complexity index is 572. The van der Waals surface area contributed by atoms with Crippen LogP contribution in [-0.4, -0.2) is 45.8 Å². The largest absolute Gasteiger partial charge is 0.358 e. The first kappa shape index (κ1) is 12.6. The fourth-order valence-corrected chi connectivity index (χ4v) is 1.64. The third kappa shape index (κ3) is 2.67. The van der Waals surface area contributed by atoms with E-state index in [0.29, 0.717) is 11.7 Å². The fourth-order valence-electron chi connectivity index (χ4n) is 1.64. The van der Waals surface area contributed by atoms with Crippen molar-refractivity contribution in [1.29, 1.82) is 0 Å². The topological polar surface area (TPSA) is 78.3 Å². The molecule has 0 radical (unpaired) electrons. The normalized spacial score (nSPS) is 11.3. The number of hydrogen-bond acceptors (Lipinski definition) is 5. The van der Waals surface area contributed by atoms with Gasteiger partial charge in [-0.3, -0.25) is 0 Å². The highest BCUT2D eigenvalue weighted by Gasteiger charge is 2.06. The molecular weight excluding hydrogens is 232 g/mol. The summed E-state index contributed by atoms with van der Waals surface area (Å²) >= 11 is 0. The van der Waals surface area contributed by atoms with E-state index < -0.39 is 0 Å². The van der Waals surface area contributed by atoms with Gasteiger partial charge in [-0.05, 0) is 0 Å². The van der Waals surface area contributed by atoms with E-state index in [1.807, 2.05) is 11.9 Å². The molecule has 98 valence electrons. The molecule has 0 spiro atoms. The molecular formula is C11H18N6O. The van der Waals surface area contributed by atoms with Crippen molar-refractivity contribution in [2.75, 3.05) is 25.0 Å². The van der Waals surface area contributed by atoms with Crippen LogP contribution in [-0.2, 0) is 0 Å². The maximum atomic E-state index is 11.3. The van der Waals surface area contributed by atoms with Gasteiger partial charge in [0.05, 0.1) is 0 Å². The maximum absolute atomic E-state index is 11.3. The SMILES string of the molecule is CC(C)NCCN(C)c1cc2n[nH]c(=O)n2cn1. The summed E-state index contributed by atoms with van der Waals surface area (Å²) < 4.78 is 1.38. The highest BCUT2D eigenvalue weighted by molar-refractivity contribution is 5.49. The van der Waals surface area contributed by atoms with E-state index in [1.165, 1.54) is 10.7 Å². The molecule has 0 aliphatic carbocycles. The molecule has 0 bridgehead atoms. The zero-order valence-corrected chi connectivity index (χ0v) is 10.8. The molecule has 0 saturated heterocycles. The van der Waals surface area contributed by atoms with Crippen LogP contribution in [0.15, 0.2) is 17.2 Å². The van der Waals surface area contributed by atoms with Crippen molar-refractivity contribution < 1.29 is 0 Å². The van der Waals surface area contributed by atoms with Gasteiger partial charge in [0.2, 0.25) is 0 Å². The average molecular weight is 250 g/mol. The Morgan fingerprint density at radius 1 is 1.56 bits per heavy atom. The average Bonchev–Trinajstić information content (AvgIpc) is 2.70. The standard InChI is InChI=1S/C11H18N6O/c1-8(2)12-4-5-16(3)9-6-10-14-15-11(18)17(10)7-13-9/h6-8,12H,4-5H2,1-3H3,(H,15,18). The number of aromatic nitrogens is 4. The summed E-state index contributed by atoms with van der Waals surface area (Å²) in [6.45, 7) is 5.95. The Morgan fingerprint density at radius 3 is 3.06 bits per heavy atom. The Kier molecular flexibility index (Phi) is 3.61. The number of anilines is 1. The molecule has 18 heavy (non-hydrogen) atoms. The molecule has 0 aliphatic heterocycles. The van der Waals surface area contributed by atoms with Crippen molar-refractivity contribution in [1.82, 2.24) is 24.9 Å². The molecule has 2 N–H and O–H groups in total. The second-order valence-electron chi connectivity index (χ2n) is 4.53. The van der Waals surface area contributed by atoms with Gasteiger partial charge in [0, 0.05) is 32.2 Å². The minimum absolute atomic E-state index is 0.270.